The molecule has 1 aromatic heterocycles. The third-order valence-corrected chi connectivity index (χ3v) is 5.00. The van der Waals surface area contributed by atoms with Gasteiger partial charge in [-0.15, -0.1) is 12.4 Å². The highest BCUT2D eigenvalue weighted by atomic mass is 35.5. The number of hydrogen-bond donors (Lipinski definition) is 1. The number of amides is 1. The predicted molar refractivity (Wildman–Crippen MR) is 101 cm³/mol. The topological polar surface area (TPSA) is 97.7 Å². The Bertz CT molecular complexity index is 556. The average Bonchev–Trinajstić information content (AvgIpc) is 2.97. The maximum atomic E-state index is 12.6. The van der Waals surface area contributed by atoms with Crippen molar-refractivity contribution in [3.05, 3.63) is 11.7 Å². The molecule has 0 spiro atoms. The number of rotatable bonds is 7. The van der Waals surface area contributed by atoms with Gasteiger partial charge in [-0.1, -0.05) is 25.4 Å². The van der Waals surface area contributed by atoms with Crippen molar-refractivity contribution in [2.45, 2.75) is 52.3 Å². The maximum absolute atomic E-state index is 12.6. The predicted octanol–water partition coefficient (Wildman–Crippen LogP) is 1.61. The molecule has 1 aromatic rings. The van der Waals surface area contributed by atoms with Gasteiger partial charge in [-0.05, 0) is 19.3 Å². The third kappa shape index (κ3) is 5.90. The third-order valence-electron chi connectivity index (χ3n) is 5.00. The molecule has 0 saturated carbocycles. The Labute approximate surface area is 161 Å². The lowest BCUT2D eigenvalue weighted by Gasteiger charge is -2.27. The van der Waals surface area contributed by atoms with E-state index < -0.39 is 6.04 Å². The maximum Gasteiger partial charge on any atom is 0.240 e. The van der Waals surface area contributed by atoms with Crippen LogP contribution in [0.1, 0.15) is 51.4 Å². The van der Waals surface area contributed by atoms with Crippen molar-refractivity contribution >= 4 is 18.3 Å². The minimum Gasteiger partial charge on any atom is -0.374 e. The van der Waals surface area contributed by atoms with Crippen molar-refractivity contribution in [1.82, 2.24) is 19.9 Å². The lowest BCUT2D eigenvalue weighted by Crippen LogP contribution is -2.48. The van der Waals surface area contributed by atoms with E-state index in [4.69, 9.17) is 15.0 Å². The molecule has 2 N–H and O–H groups in total. The highest BCUT2D eigenvalue weighted by Crippen LogP contribution is 2.15. The largest absolute Gasteiger partial charge is 0.374 e. The molecule has 2 rings (SSSR count). The van der Waals surface area contributed by atoms with Gasteiger partial charge >= 0.3 is 0 Å². The van der Waals surface area contributed by atoms with Gasteiger partial charge in [-0.25, -0.2) is 0 Å². The first-order valence-corrected chi connectivity index (χ1v) is 9.08. The molecule has 8 nitrogen and oxygen atoms in total. The summed E-state index contributed by atoms with van der Waals surface area (Å²) >= 11 is 0. The minimum atomic E-state index is -0.411. The highest BCUT2D eigenvalue weighted by molar-refractivity contribution is 5.85. The van der Waals surface area contributed by atoms with Crippen LogP contribution in [0.25, 0.3) is 0 Å². The molecule has 150 valence electrons. The van der Waals surface area contributed by atoms with E-state index in [1.54, 1.807) is 7.11 Å². The van der Waals surface area contributed by atoms with Crippen molar-refractivity contribution in [2.75, 3.05) is 33.3 Å². The lowest BCUT2D eigenvalue weighted by atomic mass is 9.99. The van der Waals surface area contributed by atoms with Gasteiger partial charge in [0.2, 0.25) is 11.8 Å². The standard InChI is InChI=1S/C17H31N5O3.ClH/c1-5-12(2)15(18)17(23)22-8-6-7-21(9-10-22)11-14-19-16(20-25-14)13(3)24-4;/h12-13,15H,5-11,18H2,1-4H3;1H. The summed E-state index contributed by atoms with van der Waals surface area (Å²) in [5.74, 6) is 1.40. The number of methoxy groups -OCH3 is 1. The van der Waals surface area contributed by atoms with Gasteiger partial charge in [-0.3, -0.25) is 9.69 Å². The van der Waals surface area contributed by atoms with Crippen LogP contribution in [0.5, 0.6) is 0 Å². The molecule has 0 bridgehead atoms. The van der Waals surface area contributed by atoms with E-state index in [-0.39, 0.29) is 30.3 Å². The summed E-state index contributed by atoms with van der Waals surface area (Å²) in [5, 5.41) is 3.95. The fourth-order valence-corrected chi connectivity index (χ4v) is 2.85. The summed E-state index contributed by atoms with van der Waals surface area (Å²) in [6, 6.07) is -0.411. The van der Waals surface area contributed by atoms with E-state index in [0.717, 1.165) is 32.5 Å². The molecule has 9 heteroatoms. The normalized spacial score (nSPS) is 19.3. The molecule has 1 aliphatic rings. The Morgan fingerprint density at radius 1 is 1.31 bits per heavy atom. The van der Waals surface area contributed by atoms with Gasteiger partial charge in [0.15, 0.2) is 5.82 Å². The Hall–Kier alpha value is -1.22. The molecule has 3 atom stereocenters. The molecular weight excluding hydrogens is 358 g/mol. The van der Waals surface area contributed by atoms with Crippen molar-refractivity contribution in [3.8, 4) is 0 Å². The Balaban J connectivity index is 0.00000338. The van der Waals surface area contributed by atoms with Crippen LogP contribution in [0.3, 0.4) is 0 Å². The molecule has 2 heterocycles. The molecule has 0 aromatic carbocycles. The molecule has 1 fully saturated rings. The molecule has 1 amide bonds. The molecule has 1 saturated heterocycles. The fraction of sp³-hybridized carbons (Fsp3) is 0.824. The summed E-state index contributed by atoms with van der Waals surface area (Å²) in [6.45, 7) is 9.64. The molecule has 0 aliphatic carbocycles. The second kappa shape index (κ2) is 10.8. The van der Waals surface area contributed by atoms with E-state index in [1.165, 1.54) is 0 Å². The number of carbonyl (C=O) groups excluding carboxylic acids is 1. The summed E-state index contributed by atoms with van der Waals surface area (Å²) < 4.78 is 10.5. The molecular formula is C17H32ClN5O3. The van der Waals surface area contributed by atoms with Crippen LogP contribution in [0.2, 0.25) is 0 Å². The molecule has 0 radical (unpaired) electrons. The second-order valence-corrected chi connectivity index (χ2v) is 6.79. The summed E-state index contributed by atoms with van der Waals surface area (Å²) in [5.41, 5.74) is 6.11. The molecule has 3 unspecified atom stereocenters. The second-order valence-electron chi connectivity index (χ2n) is 6.79. The summed E-state index contributed by atoms with van der Waals surface area (Å²) in [7, 11) is 1.62. The van der Waals surface area contributed by atoms with Gasteiger partial charge < -0.3 is 19.9 Å². The van der Waals surface area contributed by atoms with E-state index in [2.05, 4.69) is 22.0 Å². The highest BCUT2D eigenvalue weighted by Gasteiger charge is 2.27. The van der Waals surface area contributed by atoms with Crippen molar-refractivity contribution in [2.24, 2.45) is 11.7 Å². The van der Waals surface area contributed by atoms with Crippen molar-refractivity contribution in [3.63, 3.8) is 0 Å². The van der Waals surface area contributed by atoms with Crippen LogP contribution in [-0.4, -0.2) is 65.2 Å². The van der Waals surface area contributed by atoms with E-state index in [9.17, 15) is 4.79 Å². The zero-order valence-corrected chi connectivity index (χ0v) is 17.0. The van der Waals surface area contributed by atoms with Gasteiger partial charge in [0.05, 0.1) is 12.6 Å². The van der Waals surface area contributed by atoms with Gasteiger partial charge in [0, 0.05) is 33.3 Å². The molecule has 26 heavy (non-hydrogen) atoms. The van der Waals surface area contributed by atoms with Crippen LogP contribution in [0.4, 0.5) is 0 Å². The zero-order valence-electron chi connectivity index (χ0n) is 16.2. The number of hydrogen-bond acceptors (Lipinski definition) is 7. The van der Waals surface area contributed by atoms with Crippen molar-refractivity contribution < 1.29 is 14.1 Å². The zero-order chi connectivity index (χ0) is 18.4. The fourth-order valence-electron chi connectivity index (χ4n) is 2.85. The number of nitrogens with zero attached hydrogens (tertiary/aromatic N) is 4. The van der Waals surface area contributed by atoms with Gasteiger partial charge in [0.25, 0.3) is 0 Å². The Morgan fingerprint density at radius 2 is 2.04 bits per heavy atom. The Kier molecular flexibility index (Phi) is 9.49. The number of ether oxygens (including phenoxy) is 1. The Morgan fingerprint density at radius 3 is 2.69 bits per heavy atom. The minimum absolute atomic E-state index is 0. The first kappa shape index (κ1) is 22.8. The van der Waals surface area contributed by atoms with E-state index >= 15 is 0 Å². The van der Waals surface area contributed by atoms with Crippen LogP contribution in [0.15, 0.2) is 4.52 Å². The monoisotopic (exact) mass is 389 g/mol. The van der Waals surface area contributed by atoms with Gasteiger partial charge in [-0.2, -0.15) is 4.98 Å². The number of halogens is 1. The smallest absolute Gasteiger partial charge is 0.240 e. The summed E-state index contributed by atoms with van der Waals surface area (Å²) in [4.78, 5) is 21.1. The van der Waals surface area contributed by atoms with Crippen LogP contribution >= 0.6 is 12.4 Å². The number of nitrogens with two attached hydrogens (primary N) is 1. The number of carbonyl (C=O) groups is 1. The first-order valence-electron chi connectivity index (χ1n) is 9.08. The first-order chi connectivity index (χ1) is 12.0. The van der Waals surface area contributed by atoms with Gasteiger partial charge in [0.1, 0.15) is 6.10 Å². The average molecular weight is 390 g/mol. The number of aromatic nitrogens is 2. The summed E-state index contributed by atoms with van der Waals surface area (Å²) in [6.07, 6.45) is 1.64. The SMILES string of the molecule is CCC(C)C(N)C(=O)N1CCCN(Cc2nc(C(C)OC)no2)CC1.Cl. The van der Waals surface area contributed by atoms with Crippen LogP contribution in [0, 0.1) is 5.92 Å². The molecule has 1 aliphatic heterocycles. The van der Waals surface area contributed by atoms with E-state index in [0.29, 0.717) is 24.8 Å². The van der Waals surface area contributed by atoms with Crippen LogP contribution in [-0.2, 0) is 16.1 Å². The quantitative estimate of drug-likeness (QED) is 0.756. The van der Waals surface area contributed by atoms with Crippen LogP contribution < -0.4 is 5.73 Å². The van der Waals surface area contributed by atoms with Crippen molar-refractivity contribution in [1.29, 1.82) is 0 Å². The van der Waals surface area contributed by atoms with E-state index in [1.807, 2.05) is 18.7 Å². The lowest BCUT2D eigenvalue weighted by molar-refractivity contribution is -0.133.